The number of benzene rings is 2. The van der Waals surface area contributed by atoms with Crippen LogP contribution < -0.4 is 10.6 Å². The Kier molecular flexibility index (Phi) is 7.91. The topological polar surface area (TPSA) is 58.2 Å². The smallest absolute Gasteiger partial charge is 0.230 e. The summed E-state index contributed by atoms with van der Waals surface area (Å²) in [6.07, 6.45) is 6.75. The molecule has 4 nitrogen and oxygen atoms in total. The minimum atomic E-state index is -0.670. The number of amides is 2. The van der Waals surface area contributed by atoms with E-state index in [1.54, 1.807) is 12.1 Å². The Morgan fingerprint density at radius 3 is 2.34 bits per heavy atom. The van der Waals surface area contributed by atoms with Gasteiger partial charge in [0.05, 0.1) is 11.8 Å². The lowest BCUT2D eigenvalue weighted by molar-refractivity contribution is -0.125. The van der Waals surface area contributed by atoms with E-state index in [2.05, 4.69) is 29.7 Å². The summed E-state index contributed by atoms with van der Waals surface area (Å²) in [7, 11) is 0. The van der Waals surface area contributed by atoms with Crippen molar-refractivity contribution in [2.24, 2.45) is 11.3 Å². The first-order valence-electron chi connectivity index (χ1n) is 10.8. The van der Waals surface area contributed by atoms with Gasteiger partial charge >= 0.3 is 0 Å². The molecular formula is C26H30FN2O2S+. The number of hydrogen-bond donors (Lipinski definition) is 2. The maximum Gasteiger partial charge on any atom is 0.230 e. The molecular weight excluding hydrogens is 423 g/mol. The lowest BCUT2D eigenvalue weighted by atomic mass is 9.74. The van der Waals surface area contributed by atoms with Gasteiger partial charge in [-0.2, -0.15) is 0 Å². The van der Waals surface area contributed by atoms with Crippen LogP contribution in [0.2, 0.25) is 0 Å². The van der Waals surface area contributed by atoms with Crippen LogP contribution in [0.5, 0.6) is 0 Å². The molecule has 0 radical (unpaired) electrons. The molecule has 0 saturated heterocycles. The van der Waals surface area contributed by atoms with Crippen molar-refractivity contribution < 1.29 is 14.0 Å². The molecule has 0 fully saturated rings. The molecule has 0 bridgehead atoms. The van der Waals surface area contributed by atoms with Crippen molar-refractivity contribution in [1.82, 2.24) is 5.32 Å². The van der Waals surface area contributed by atoms with Gasteiger partial charge in [0.15, 0.2) is 4.90 Å². The number of rotatable bonds is 8. The summed E-state index contributed by atoms with van der Waals surface area (Å²) >= 11 is 1.29. The minimum absolute atomic E-state index is 0.0196. The number of nitrogens with one attached hydrogen (secondary N) is 2. The lowest BCUT2D eigenvalue weighted by Gasteiger charge is -2.32. The molecule has 0 aliphatic heterocycles. The van der Waals surface area contributed by atoms with Gasteiger partial charge in [0.1, 0.15) is 11.6 Å². The van der Waals surface area contributed by atoms with Gasteiger partial charge in [-0.1, -0.05) is 38.1 Å². The molecule has 3 rings (SSSR count). The first-order valence-corrected chi connectivity index (χ1v) is 11.9. The molecule has 1 atom stereocenters. The van der Waals surface area contributed by atoms with Gasteiger partial charge in [-0.25, -0.2) is 4.39 Å². The van der Waals surface area contributed by atoms with E-state index < -0.39 is 5.41 Å². The predicted molar refractivity (Wildman–Crippen MR) is 130 cm³/mol. The van der Waals surface area contributed by atoms with Gasteiger partial charge in [-0.3, -0.25) is 9.59 Å². The summed E-state index contributed by atoms with van der Waals surface area (Å²) < 4.78 is 13.1. The summed E-state index contributed by atoms with van der Waals surface area (Å²) in [5, 5.41) is 5.81. The van der Waals surface area contributed by atoms with Crippen LogP contribution in [0.15, 0.2) is 77.4 Å². The first kappa shape index (κ1) is 23.8. The summed E-state index contributed by atoms with van der Waals surface area (Å²) in [6.45, 7) is 5.91. The molecule has 2 aromatic carbocycles. The fourth-order valence-electron chi connectivity index (χ4n) is 3.53. The summed E-state index contributed by atoms with van der Waals surface area (Å²) in [6, 6.07) is 13.9. The summed E-state index contributed by atoms with van der Waals surface area (Å²) in [5.41, 5.74) is 1.63. The van der Waals surface area contributed by atoms with Crippen LogP contribution in [-0.2, 0) is 27.8 Å². The number of carbonyl (C=O) groups is 2. The molecule has 1 aliphatic rings. The highest BCUT2D eigenvalue weighted by Crippen LogP contribution is 2.35. The van der Waals surface area contributed by atoms with E-state index in [-0.39, 0.29) is 23.5 Å². The largest absolute Gasteiger partial charge is 0.326 e. The molecule has 32 heavy (non-hydrogen) atoms. The fraction of sp³-hybridized carbons (Fsp3) is 0.308. The van der Waals surface area contributed by atoms with E-state index in [4.69, 9.17) is 0 Å². The van der Waals surface area contributed by atoms with Crippen LogP contribution in [0, 0.1) is 17.2 Å². The lowest BCUT2D eigenvalue weighted by Crippen LogP contribution is -2.37. The zero-order valence-corrected chi connectivity index (χ0v) is 19.6. The molecule has 1 aliphatic carbocycles. The third kappa shape index (κ3) is 6.33. The van der Waals surface area contributed by atoms with Crippen molar-refractivity contribution >= 4 is 29.3 Å². The first-order chi connectivity index (χ1) is 15.3. The highest BCUT2D eigenvalue weighted by molar-refractivity contribution is 7.78. The van der Waals surface area contributed by atoms with Crippen LogP contribution in [0.25, 0.3) is 0 Å². The second-order valence-corrected chi connectivity index (χ2v) is 9.87. The van der Waals surface area contributed by atoms with E-state index in [1.807, 2.05) is 44.2 Å². The van der Waals surface area contributed by atoms with Crippen LogP contribution in [0.3, 0.4) is 0 Å². The number of anilines is 1. The molecule has 6 heteroatoms. The van der Waals surface area contributed by atoms with E-state index in [1.165, 1.54) is 28.8 Å². The Morgan fingerprint density at radius 2 is 1.75 bits per heavy atom. The van der Waals surface area contributed by atoms with Gasteiger partial charge in [0.2, 0.25) is 11.8 Å². The van der Waals surface area contributed by atoms with Crippen LogP contribution in [0.1, 0.15) is 32.8 Å². The van der Waals surface area contributed by atoms with Crippen LogP contribution in [0.4, 0.5) is 10.1 Å². The van der Waals surface area contributed by atoms with E-state index >= 15 is 0 Å². The van der Waals surface area contributed by atoms with Gasteiger partial charge < -0.3 is 10.6 Å². The quantitative estimate of drug-likeness (QED) is 0.445. The van der Waals surface area contributed by atoms with E-state index in [9.17, 15) is 14.0 Å². The Morgan fingerprint density at radius 1 is 1.06 bits per heavy atom. The van der Waals surface area contributed by atoms with Gasteiger partial charge in [0, 0.05) is 23.1 Å². The number of thiol groups is 1. The molecule has 0 saturated carbocycles. The Bertz CT molecular complexity index is 1010. The van der Waals surface area contributed by atoms with Crippen molar-refractivity contribution in [3.05, 3.63) is 83.8 Å². The summed E-state index contributed by atoms with van der Waals surface area (Å²) in [5.74, 6) is 0.518. The highest BCUT2D eigenvalue weighted by atomic mass is 32.2. The normalized spacial score (nSPS) is 15.8. The monoisotopic (exact) mass is 453 g/mol. The molecule has 2 amide bonds. The second kappa shape index (κ2) is 10.6. The Labute approximate surface area is 193 Å². The Hall–Kier alpha value is -2.86. The van der Waals surface area contributed by atoms with Crippen molar-refractivity contribution in [3.63, 3.8) is 0 Å². The van der Waals surface area contributed by atoms with Crippen LogP contribution >= 0.6 is 0 Å². The molecule has 2 N–H and O–H groups in total. The number of halogens is 1. The Balaban J connectivity index is 1.52. The molecule has 0 heterocycles. The van der Waals surface area contributed by atoms with Gasteiger partial charge in [-0.05, 0) is 67.3 Å². The highest BCUT2D eigenvalue weighted by Gasteiger charge is 2.35. The van der Waals surface area contributed by atoms with Crippen molar-refractivity contribution in [3.8, 4) is 0 Å². The average molecular weight is 454 g/mol. The molecule has 0 aromatic heterocycles. The molecule has 2 aromatic rings. The number of allylic oxidation sites excluding steroid dienone is 3. The van der Waals surface area contributed by atoms with E-state index in [0.717, 1.165) is 17.0 Å². The zero-order chi connectivity index (χ0) is 23.1. The molecule has 1 unspecified atom stereocenters. The fourth-order valence-corrected chi connectivity index (χ4v) is 4.26. The number of hydrogen-bond acceptors (Lipinski definition) is 2. The maximum atomic E-state index is 13.1. The second-order valence-electron chi connectivity index (χ2n) is 8.41. The van der Waals surface area contributed by atoms with Crippen molar-refractivity contribution in [2.45, 2.75) is 38.5 Å². The standard InChI is InChI=1S/C26H29FN2O2S/c1-4-32-23-15-5-18(6-16-23)17-24(30)28-21-11-7-19(8-12-21)26(2,3)25(31)29-22-13-9-20(27)10-14-22/h5-7,9-16,19H,4,8,17H2,1-3H3,(H,28,30)(H,29,31)/p+1. The third-order valence-electron chi connectivity index (χ3n) is 5.64. The molecule has 168 valence electrons. The van der Waals surface area contributed by atoms with Crippen molar-refractivity contribution in [2.75, 3.05) is 11.1 Å². The SMILES string of the molecule is CC[SH+]c1ccc(CC(=O)NC2=CCC(C(C)(C)C(=O)Nc3ccc(F)cc3)C=C2)cc1. The van der Waals surface area contributed by atoms with Crippen LogP contribution in [-0.4, -0.2) is 17.6 Å². The van der Waals surface area contributed by atoms with E-state index in [0.29, 0.717) is 18.5 Å². The zero-order valence-electron chi connectivity index (χ0n) is 18.7. The maximum absolute atomic E-state index is 13.1. The summed E-state index contributed by atoms with van der Waals surface area (Å²) in [4.78, 5) is 26.5. The van der Waals surface area contributed by atoms with Gasteiger partial charge in [0.25, 0.3) is 0 Å². The predicted octanol–water partition coefficient (Wildman–Crippen LogP) is 4.80. The van der Waals surface area contributed by atoms with Gasteiger partial charge in [-0.15, -0.1) is 0 Å². The minimum Gasteiger partial charge on any atom is -0.326 e. The number of carbonyl (C=O) groups excluding carboxylic acids is 2. The van der Waals surface area contributed by atoms with Crippen molar-refractivity contribution in [1.29, 1.82) is 0 Å². The molecule has 0 spiro atoms. The third-order valence-corrected chi connectivity index (χ3v) is 6.62. The average Bonchev–Trinajstić information content (AvgIpc) is 2.77.